The number of benzene rings is 1. The lowest BCUT2D eigenvalue weighted by atomic mass is 10.0. The van der Waals surface area contributed by atoms with Crippen LogP contribution in [-0.4, -0.2) is 47.1 Å². The van der Waals surface area contributed by atoms with E-state index in [0.717, 1.165) is 41.4 Å². The lowest BCUT2D eigenvalue weighted by Gasteiger charge is -2.37. The fourth-order valence-corrected chi connectivity index (χ4v) is 4.58. The average Bonchev–Trinajstić information content (AvgIpc) is 3.30. The number of fused-ring (bicyclic) bond motifs is 3. The Labute approximate surface area is 167 Å². The van der Waals surface area contributed by atoms with E-state index in [9.17, 15) is 4.79 Å². The van der Waals surface area contributed by atoms with Crippen LogP contribution in [0, 0.1) is 0 Å². The van der Waals surface area contributed by atoms with E-state index in [-0.39, 0.29) is 6.99 Å². The molecule has 150 valence electrons. The zero-order valence-electron chi connectivity index (χ0n) is 16.9. The highest BCUT2D eigenvalue weighted by atomic mass is 16.1. The molecule has 0 bridgehead atoms. The van der Waals surface area contributed by atoms with Gasteiger partial charge in [-0.2, -0.15) is 0 Å². The van der Waals surface area contributed by atoms with Gasteiger partial charge in [0.25, 0.3) is 5.56 Å². The van der Waals surface area contributed by atoms with Crippen molar-refractivity contribution < 1.29 is 1.43 Å². The molecule has 0 unspecified atom stereocenters. The molecule has 2 fully saturated rings. The second-order valence-electron chi connectivity index (χ2n) is 7.53. The summed E-state index contributed by atoms with van der Waals surface area (Å²) < 4.78 is 0. The number of rotatable bonds is 2. The molecule has 2 aliphatic rings. The van der Waals surface area contributed by atoms with Crippen LogP contribution < -0.4 is 10.5 Å². The van der Waals surface area contributed by atoms with Crippen LogP contribution in [0.25, 0.3) is 21.8 Å². The summed E-state index contributed by atoms with van der Waals surface area (Å²) in [5.74, 6) is 1.02. The molecule has 0 amide bonds. The summed E-state index contributed by atoms with van der Waals surface area (Å²) in [7, 11) is 0. The monoisotopic (exact) mass is 380 g/mol. The molecule has 0 spiro atoms. The summed E-state index contributed by atoms with van der Waals surface area (Å²) in [6.45, 7) is 8.67. The van der Waals surface area contributed by atoms with E-state index in [1.165, 1.54) is 38.8 Å². The fourth-order valence-electron chi connectivity index (χ4n) is 4.58. The van der Waals surface area contributed by atoms with Crippen molar-refractivity contribution in [2.24, 2.45) is 0 Å². The normalized spacial score (nSPS) is 18.4. The number of pyridine rings is 2. The number of likely N-dealkylation sites (tertiary alicyclic amines) is 1. The summed E-state index contributed by atoms with van der Waals surface area (Å²) in [6.07, 6.45) is 5.15. The minimum absolute atomic E-state index is 0. The van der Waals surface area contributed by atoms with Gasteiger partial charge in [-0.15, -0.1) is 0 Å². The number of nitrogens with zero attached hydrogens (tertiary/aromatic N) is 3. The Kier molecular flexibility index (Phi) is 5.62. The molecule has 0 saturated carbocycles. The van der Waals surface area contributed by atoms with Gasteiger partial charge in [-0.3, -0.25) is 4.79 Å². The van der Waals surface area contributed by atoms with Crippen molar-refractivity contribution >= 4 is 27.6 Å². The Morgan fingerprint density at radius 2 is 1.64 bits per heavy atom. The predicted molar refractivity (Wildman–Crippen MR) is 119 cm³/mol. The van der Waals surface area contributed by atoms with E-state index in [1.54, 1.807) is 0 Å². The molecule has 0 aliphatic carbocycles. The molecule has 2 saturated heterocycles. The molecule has 3 aromatic rings. The molecular formula is C23H32N4O. The minimum Gasteiger partial charge on any atom is -0.356 e. The topological polar surface area (TPSA) is 52.2 Å². The van der Waals surface area contributed by atoms with Gasteiger partial charge in [0.2, 0.25) is 0 Å². The first kappa shape index (κ1) is 18.9. The molecule has 2 aromatic heterocycles. The first-order valence-corrected chi connectivity index (χ1v) is 10.7. The van der Waals surface area contributed by atoms with Gasteiger partial charge in [0.1, 0.15) is 5.82 Å². The Bertz CT molecular complexity index is 1000. The number of anilines is 1. The zero-order valence-corrected chi connectivity index (χ0v) is 16.9. The molecular weight excluding hydrogens is 348 g/mol. The largest absolute Gasteiger partial charge is 0.356 e. The highest BCUT2D eigenvalue weighted by Gasteiger charge is 2.27. The van der Waals surface area contributed by atoms with Crippen LogP contribution in [0.15, 0.2) is 41.2 Å². The third-order valence-electron chi connectivity index (χ3n) is 6.00. The third kappa shape index (κ3) is 3.51. The van der Waals surface area contributed by atoms with Crippen LogP contribution in [-0.2, 0) is 0 Å². The maximum absolute atomic E-state index is 12.2. The van der Waals surface area contributed by atoms with Crippen molar-refractivity contribution in [1.29, 1.82) is 0 Å². The summed E-state index contributed by atoms with van der Waals surface area (Å²) in [6, 6.07) is 12.5. The van der Waals surface area contributed by atoms with Crippen molar-refractivity contribution in [2.45, 2.75) is 45.6 Å². The van der Waals surface area contributed by atoms with Crippen LogP contribution in [0.5, 0.6) is 0 Å². The molecule has 4 heterocycles. The number of aromatic nitrogens is 2. The molecule has 1 N–H and O–H groups in total. The van der Waals surface area contributed by atoms with E-state index in [1.807, 2.05) is 50.2 Å². The van der Waals surface area contributed by atoms with Crippen LogP contribution in [0.3, 0.4) is 0 Å². The fraction of sp³-hybridized carbons (Fsp3) is 0.478. The molecule has 0 radical (unpaired) electrons. The smallest absolute Gasteiger partial charge is 0.256 e. The Morgan fingerprint density at radius 1 is 0.964 bits per heavy atom. The van der Waals surface area contributed by atoms with Crippen molar-refractivity contribution in [1.82, 2.24) is 14.9 Å². The number of hydrogen-bond acceptors (Lipinski definition) is 4. The predicted octanol–water partition coefficient (Wildman–Crippen LogP) is 4.41. The maximum atomic E-state index is 12.2. The van der Waals surface area contributed by atoms with Gasteiger partial charge >= 0.3 is 0 Å². The molecule has 28 heavy (non-hydrogen) atoms. The van der Waals surface area contributed by atoms with Gasteiger partial charge in [0.15, 0.2) is 0 Å². The maximum Gasteiger partial charge on any atom is 0.256 e. The molecule has 0 atom stereocenters. The minimum atomic E-state index is -0.0472. The van der Waals surface area contributed by atoms with Crippen molar-refractivity contribution in [3.8, 4) is 0 Å². The van der Waals surface area contributed by atoms with Crippen LogP contribution >= 0.6 is 0 Å². The molecule has 5 nitrogen and oxygen atoms in total. The van der Waals surface area contributed by atoms with E-state index < -0.39 is 0 Å². The first-order valence-electron chi connectivity index (χ1n) is 10.7. The van der Waals surface area contributed by atoms with Gasteiger partial charge in [-0.05, 0) is 57.0 Å². The molecule has 5 rings (SSSR count). The van der Waals surface area contributed by atoms with Crippen LogP contribution in [0.2, 0.25) is 0 Å². The standard InChI is InChI=1S/C21H24N4O.C2H6.H2/c26-21-17-6-2-1-5-16(17)20-18(22-21)7-8-19(23-20)25-13-9-15(10-14-25)24-11-3-4-12-24;1-2;/h1-2,5-8,15H,3-4,9-14H2,(H,22,26);1-2H3;1H. The number of hydrogen-bond donors (Lipinski definition) is 1. The van der Waals surface area contributed by atoms with Gasteiger partial charge in [-0.1, -0.05) is 32.0 Å². The van der Waals surface area contributed by atoms with E-state index in [2.05, 4.69) is 14.8 Å². The van der Waals surface area contributed by atoms with Crippen LogP contribution in [0.4, 0.5) is 5.82 Å². The molecule has 1 aromatic carbocycles. The van der Waals surface area contributed by atoms with Gasteiger partial charge in [0, 0.05) is 31.3 Å². The molecule has 2 aliphatic heterocycles. The summed E-state index contributed by atoms with van der Waals surface area (Å²) in [4.78, 5) is 25.2. The summed E-state index contributed by atoms with van der Waals surface area (Å²) in [5, 5.41) is 1.64. The first-order chi connectivity index (χ1) is 13.8. The van der Waals surface area contributed by atoms with Crippen molar-refractivity contribution in [2.75, 3.05) is 31.1 Å². The number of piperidine rings is 1. The highest BCUT2D eigenvalue weighted by Crippen LogP contribution is 2.26. The SMILES string of the molecule is CC.O=c1[nH]c2ccc(N3CCC(N4CCCC4)CC3)nc2c2ccccc12.[HH]. The molecule has 5 heteroatoms. The Balaban J connectivity index is 0.000000778. The average molecular weight is 381 g/mol. The van der Waals surface area contributed by atoms with Crippen molar-refractivity contribution in [3.63, 3.8) is 0 Å². The van der Waals surface area contributed by atoms with Gasteiger partial charge in [-0.25, -0.2) is 4.98 Å². The Hall–Kier alpha value is -2.40. The number of aromatic amines is 1. The lowest BCUT2D eigenvalue weighted by Crippen LogP contribution is -2.44. The van der Waals surface area contributed by atoms with Crippen LogP contribution in [0.1, 0.15) is 41.0 Å². The lowest BCUT2D eigenvalue weighted by molar-refractivity contribution is 0.207. The van der Waals surface area contributed by atoms with E-state index in [0.29, 0.717) is 5.39 Å². The number of nitrogens with one attached hydrogen (secondary N) is 1. The quantitative estimate of drug-likeness (QED) is 0.669. The zero-order chi connectivity index (χ0) is 19.5. The highest BCUT2D eigenvalue weighted by molar-refractivity contribution is 6.03. The Morgan fingerprint density at radius 3 is 2.36 bits per heavy atom. The summed E-state index contributed by atoms with van der Waals surface area (Å²) in [5.41, 5.74) is 1.65. The van der Waals surface area contributed by atoms with Gasteiger partial charge in [0.05, 0.1) is 11.0 Å². The third-order valence-corrected chi connectivity index (χ3v) is 6.00. The van der Waals surface area contributed by atoms with E-state index in [4.69, 9.17) is 4.98 Å². The number of H-pyrrole nitrogens is 1. The van der Waals surface area contributed by atoms with E-state index >= 15 is 0 Å². The second kappa shape index (κ2) is 8.31. The summed E-state index contributed by atoms with van der Waals surface area (Å²) >= 11 is 0. The van der Waals surface area contributed by atoms with Gasteiger partial charge < -0.3 is 14.8 Å². The second-order valence-corrected chi connectivity index (χ2v) is 7.53. The van der Waals surface area contributed by atoms with Crippen molar-refractivity contribution in [3.05, 3.63) is 46.8 Å².